The zero-order valence-corrected chi connectivity index (χ0v) is 20.7. The van der Waals surface area contributed by atoms with Crippen LogP contribution in [0, 0.1) is 0 Å². The van der Waals surface area contributed by atoms with Crippen molar-refractivity contribution in [1.82, 2.24) is 0 Å². The first-order valence-electron chi connectivity index (χ1n) is 12.6. The number of fused-ring (bicyclic) bond motifs is 7. The van der Waals surface area contributed by atoms with Gasteiger partial charge in [0.2, 0.25) is 0 Å². The van der Waals surface area contributed by atoms with Crippen molar-refractivity contribution < 1.29 is 50.0 Å². The van der Waals surface area contributed by atoms with Crippen molar-refractivity contribution in [2.24, 2.45) is 0 Å². The van der Waals surface area contributed by atoms with Gasteiger partial charge in [0.1, 0.15) is 58.2 Å². The maximum Gasteiger partial charge on any atom is 0.305 e. The van der Waals surface area contributed by atoms with Gasteiger partial charge in [-0.05, 0) is 42.0 Å². The second-order valence-electron chi connectivity index (χ2n) is 10.2. The van der Waals surface area contributed by atoms with E-state index in [1.165, 1.54) is 42.5 Å². The molecule has 4 aromatic rings. The number of aliphatic hydroxyl groups excluding tert-OH is 2. The summed E-state index contributed by atoms with van der Waals surface area (Å²) in [6.07, 6.45) is -3.32. The molecular formula is C30H24O10. The van der Waals surface area contributed by atoms with E-state index in [1.54, 1.807) is 18.2 Å². The summed E-state index contributed by atoms with van der Waals surface area (Å²) in [5.74, 6) is -3.44. The van der Waals surface area contributed by atoms with Gasteiger partial charge in [-0.2, -0.15) is 0 Å². The van der Waals surface area contributed by atoms with Crippen LogP contribution in [0.4, 0.5) is 0 Å². The molecule has 0 radical (unpaired) electrons. The quantitative estimate of drug-likeness (QED) is 0.199. The maximum atomic E-state index is 11.7. The summed E-state index contributed by atoms with van der Waals surface area (Å²) in [5, 5.41) is 74.8. The smallest absolute Gasteiger partial charge is 0.305 e. The van der Waals surface area contributed by atoms with E-state index in [0.29, 0.717) is 16.7 Å². The lowest BCUT2D eigenvalue weighted by Gasteiger charge is -2.50. The summed E-state index contributed by atoms with van der Waals surface area (Å²) in [5.41, 5.74) is 1.53. The Morgan fingerprint density at radius 3 is 1.98 bits per heavy atom. The third kappa shape index (κ3) is 3.36. The van der Waals surface area contributed by atoms with E-state index < -0.39 is 30.0 Å². The minimum absolute atomic E-state index is 0.0107. The van der Waals surface area contributed by atoms with Gasteiger partial charge in [0.05, 0.1) is 12.0 Å². The number of aromatic hydroxyl groups is 5. The van der Waals surface area contributed by atoms with Gasteiger partial charge in [0.15, 0.2) is 0 Å². The Morgan fingerprint density at radius 1 is 0.675 bits per heavy atom. The van der Waals surface area contributed by atoms with E-state index in [0.717, 1.165) is 6.07 Å². The molecule has 7 rings (SSSR count). The van der Waals surface area contributed by atoms with Crippen molar-refractivity contribution in [2.45, 2.75) is 36.4 Å². The average Bonchev–Trinajstić information content (AvgIpc) is 2.90. The van der Waals surface area contributed by atoms with Crippen molar-refractivity contribution in [1.29, 1.82) is 0 Å². The molecule has 204 valence electrons. The van der Waals surface area contributed by atoms with E-state index in [2.05, 4.69) is 0 Å². The lowest BCUT2D eigenvalue weighted by molar-refractivity contribution is -0.218. The summed E-state index contributed by atoms with van der Waals surface area (Å²) in [6.45, 7) is 0. The largest absolute Gasteiger partial charge is 0.508 e. The molecule has 5 unspecified atom stereocenters. The van der Waals surface area contributed by atoms with Gasteiger partial charge in [0, 0.05) is 46.9 Å². The van der Waals surface area contributed by atoms with Gasteiger partial charge < -0.3 is 50.0 Å². The zero-order valence-electron chi connectivity index (χ0n) is 20.7. The number of hydrogen-bond donors (Lipinski definition) is 7. The average molecular weight is 545 g/mol. The Hall–Kier alpha value is -4.80. The number of rotatable bonds is 2. The molecule has 3 heterocycles. The molecule has 7 N–H and O–H groups in total. The standard InChI is InChI=1S/C30H24O10/c31-15-5-1-13(2-6-15)28-20(35)11-18-21(38-28)12-23-25(27(18)36)26-24-19(34)9-17(33)10-22(24)39-30(40-23,29(26)37)14-3-7-16(32)8-4-14/h1-10,12,20,26,28-29,31-37H,11H2. The molecule has 10 heteroatoms. The van der Waals surface area contributed by atoms with E-state index in [1.807, 2.05) is 0 Å². The lowest BCUT2D eigenvalue weighted by atomic mass is 9.74. The third-order valence-electron chi connectivity index (χ3n) is 7.83. The molecule has 4 aromatic carbocycles. The van der Waals surface area contributed by atoms with Crippen LogP contribution >= 0.6 is 0 Å². The summed E-state index contributed by atoms with van der Waals surface area (Å²) >= 11 is 0. The molecule has 0 aromatic heterocycles. The Balaban J connectivity index is 1.43. The summed E-state index contributed by atoms with van der Waals surface area (Å²) in [6, 6.07) is 16.0. The van der Waals surface area contributed by atoms with Crippen molar-refractivity contribution in [3.05, 3.63) is 94.5 Å². The van der Waals surface area contributed by atoms with Gasteiger partial charge in [-0.1, -0.05) is 12.1 Å². The molecule has 40 heavy (non-hydrogen) atoms. The van der Waals surface area contributed by atoms with Gasteiger partial charge in [-0.25, -0.2) is 0 Å². The number of hydrogen-bond acceptors (Lipinski definition) is 10. The first-order chi connectivity index (χ1) is 19.2. The fourth-order valence-electron chi connectivity index (χ4n) is 5.98. The number of phenols is 5. The zero-order chi connectivity index (χ0) is 27.9. The SMILES string of the molecule is Oc1ccc(C2Oc3cc4c(c(O)c3CC2O)C2c3c(O)cc(O)cc3OC(c3ccc(O)cc3)(O4)C2O)cc1. The van der Waals surface area contributed by atoms with Gasteiger partial charge in [-0.15, -0.1) is 0 Å². The predicted molar refractivity (Wildman–Crippen MR) is 138 cm³/mol. The molecule has 3 aliphatic rings. The van der Waals surface area contributed by atoms with Gasteiger partial charge in [0.25, 0.3) is 0 Å². The lowest BCUT2D eigenvalue weighted by Crippen LogP contribution is -2.57. The van der Waals surface area contributed by atoms with E-state index in [-0.39, 0.29) is 63.5 Å². The molecule has 0 aliphatic carbocycles. The fraction of sp³-hybridized carbons (Fsp3) is 0.200. The van der Waals surface area contributed by atoms with E-state index in [9.17, 15) is 35.7 Å². The van der Waals surface area contributed by atoms with Crippen LogP contribution < -0.4 is 14.2 Å². The minimum Gasteiger partial charge on any atom is -0.508 e. The van der Waals surface area contributed by atoms with Crippen LogP contribution in [0.1, 0.15) is 39.8 Å². The molecule has 0 saturated heterocycles. The highest BCUT2D eigenvalue weighted by Gasteiger charge is 2.59. The Morgan fingerprint density at radius 2 is 1.30 bits per heavy atom. The molecular weight excluding hydrogens is 520 g/mol. The van der Waals surface area contributed by atoms with Crippen LogP contribution in [-0.4, -0.2) is 48.0 Å². The summed E-state index contributed by atoms with van der Waals surface area (Å²) in [4.78, 5) is 0. The number of phenolic OH excluding ortho intramolecular Hbond substituents is 5. The molecule has 0 amide bonds. The van der Waals surface area contributed by atoms with Gasteiger partial charge >= 0.3 is 5.79 Å². The molecule has 0 spiro atoms. The van der Waals surface area contributed by atoms with E-state index in [4.69, 9.17) is 14.2 Å². The molecule has 5 atom stereocenters. The fourth-order valence-corrected chi connectivity index (χ4v) is 5.98. The Labute approximate surface area is 227 Å². The molecule has 2 bridgehead atoms. The monoisotopic (exact) mass is 544 g/mol. The second-order valence-corrected chi connectivity index (χ2v) is 10.2. The third-order valence-corrected chi connectivity index (χ3v) is 7.83. The molecule has 0 saturated carbocycles. The van der Waals surface area contributed by atoms with Crippen LogP contribution in [0.25, 0.3) is 0 Å². The van der Waals surface area contributed by atoms with Gasteiger partial charge in [-0.3, -0.25) is 0 Å². The minimum atomic E-state index is -1.89. The number of benzene rings is 4. The molecule has 3 aliphatic heterocycles. The highest BCUT2D eigenvalue weighted by Crippen LogP contribution is 2.61. The van der Waals surface area contributed by atoms with Crippen molar-refractivity contribution in [3.63, 3.8) is 0 Å². The van der Waals surface area contributed by atoms with Crippen LogP contribution in [0.3, 0.4) is 0 Å². The first-order valence-corrected chi connectivity index (χ1v) is 12.6. The molecule has 0 fully saturated rings. The topological polar surface area (TPSA) is 169 Å². The predicted octanol–water partition coefficient (Wildman–Crippen LogP) is 3.38. The number of aliphatic hydroxyl groups is 2. The van der Waals surface area contributed by atoms with Crippen LogP contribution in [0.2, 0.25) is 0 Å². The highest BCUT2D eigenvalue weighted by molar-refractivity contribution is 5.67. The van der Waals surface area contributed by atoms with Crippen molar-refractivity contribution in [2.75, 3.05) is 0 Å². The normalized spacial score (nSPS) is 25.9. The van der Waals surface area contributed by atoms with Crippen molar-refractivity contribution in [3.8, 4) is 46.0 Å². The van der Waals surface area contributed by atoms with Crippen LogP contribution in [0.5, 0.6) is 46.0 Å². The summed E-state index contributed by atoms with van der Waals surface area (Å²) in [7, 11) is 0. The number of ether oxygens (including phenoxy) is 3. The van der Waals surface area contributed by atoms with Crippen molar-refractivity contribution >= 4 is 0 Å². The second kappa shape index (κ2) is 8.35. The van der Waals surface area contributed by atoms with Crippen LogP contribution in [-0.2, 0) is 12.2 Å². The highest BCUT2D eigenvalue weighted by atomic mass is 16.7. The molecule has 10 nitrogen and oxygen atoms in total. The first kappa shape index (κ1) is 24.3. The maximum absolute atomic E-state index is 11.7. The van der Waals surface area contributed by atoms with Crippen LogP contribution in [0.15, 0.2) is 66.7 Å². The Kier molecular flexibility index (Phi) is 5.06. The Bertz CT molecular complexity index is 1650. The summed E-state index contributed by atoms with van der Waals surface area (Å²) < 4.78 is 18.7. The van der Waals surface area contributed by atoms with E-state index >= 15 is 0 Å².